The van der Waals surface area contributed by atoms with Crippen LogP contribution in [0.2, 0.25) is 0 Å². The van der Waals surface area contributed by atoms with E-state index in [-0.39, 0.29) is 17.7 Å². The number of nitrogens with zero attached hydrogens (tertiary/aromatic N) is 2. The lowest BCUT2D eigenvalue weighted by Crippen LogP contribution is -2.35. The molecule has 0 spiro atoms. The van der Waals surface area contributed by atoms with Crippen molar-refractivity contribution in [2.75, 3.05) is 30.9 Å². The maximum Gasteiger partial charge on any atom is 0.225 e. The molecule has 5 heteroatoms. The molecule has 1 aromatic carbocycles. The van der Waals surface area contributed by atoms with Crippen molar-refractivity contribution >= 4 is 23.2 Å². The molecule has 1 aliphatic rings. The summed E-state index contributed by atoms with van der Waals surface area (Å²) in [4.78, 5) is 28.9. The Morgan fingerprint density at radius 2 is 1.78 bits per heavy atom. The summed E-state index contributed by atoms with van der Waals surface area (Å²) in [6.07, 6.45) is 2.53. The molecule has 150 valence electrons. The van der Waals surface area contributed by atoms with Gasteiger partial charge in [-0.1, -0.05) is 27.7 Å². The van der Waals surface area contributed by atoms with Gasteiger partial charge in [0.1, 0.15) is 0 Å². The fourth-order valence-corrected chi connectivity index (χ4v) is 3.28. The summed E-state index contributed by atoms with van der Waals surface area (Å²) in [6, 6.07) is 5.98. The molecule has 1 aromatic rings. The summed E-state index contributed by atoms with van der Waals surface area (Å²) in [5.41, 5.74) is 2.94. The molecule has 2 amide bonds. The largest absolute Gasteiger partial charge is 0.377 e. The summed E-state index contributed by atoms with van der Waals surface area (Å²) < 4.78 is 0. The Bertz CT molecular complexity index is 664. The Morgan fingerprint density at radius 3 is 2.30 bits per heavy atom. The van der Waals surface area contributed by atoms with E-state index in [0.717, 1.165) is 36.3 Å². The maximum absolute atomic E-state index is 12.8. The fraction of sp³-hybridized carbons (Fsp3) is 0.636. The van der Waals surface area contributed by atoms with Crippen molar-refractivity contribution in [3.8, 4) is 0 Å². The van der Waals surface area contributed by atoms with E-state index in [4.69, 9.17) is 0 Å². The van der Waals surface area contributed by atoms with Crippen LogP contribution >= 0.6 is 0 Å². The van der Waals surface area contributed by atoms with Crippen LogP contribution in [0.15, 0.2) is 18.2 Å². The standard InChI is InChI=1S/C22H35N3O2/c1-15(2)11-21(26)23-19-9-10-20(24(5)6)18(12-19)14-25(13-16(3)4)22(27)17-7-8-17/h9-10,12,15-17H,7-8,11,13-14H2,1-6H3,(H,23,26). The average Bonchev–Trinajstić information content (AvgIpc) is 3.37. The summed E-state index contributed by atoms with van der Waals surface area (Å²) in [5, 5.41) is 3.00. The van der Waals surface area contributed by atoms with Crippen LogP contribution in [0.1, 0.15) is 52.5 Å². The first kappa shape index (κ1) is 21.3. The molecular formula is C22H35N3O2. The molecule has 0 atom stereocenters. The smallest absolute Gasteiger partial charge is 0.225 e. The van der Waals surface area contributed by atoms with Gasteiger partial charge < -0.3 is 15.1 Å². The number of carbonyl (C=O) groups excluding carboxylic acids is 2. The van der Waals surface area contributed by atoms with Gasteiger partial charge in [0.15, 0.2) is 0 Å². The highest BCUT2D eigenvalue weighted by atomic mass is 16.2. The summed E-state index contributed by atoms with van der Waals surface area (Å²) in [5.74, 6) is 1.25. The second-order valence-corrected chi connectivity index (χ2v) is 8.77. The number of nitrogens with one attached hydrogen (secondary N) is 1. The van der Waals surface area contributed by atoms with Crippen LogP contribution in [-0.2, 0) is 16.1 Å². The SMILES string of the molecule is CC(C)CC(=O)Nc1ccc(N(C)C)c(CN(CC(C)C)C(=O)C2CC2)c1. The van der Waals surface area contributed by atoms with Crippen LogP contribution in [0.25, 0.3) is 0 Å². The van der Waals surface area contributed by atoms with Crippen molar-refractivity contribution in [2.24, 2.45) is 17.8 Å². The molecule has 0 unspecified atom stereocenters. The number of rotatable bonds is 9. The summed E-state index contributed by atoms with van der Waals surface area (Å²) in [7, 11) is 4.01. The molecule has 0 aliphatic heterocycles. The average molecular weight is 374 g/mol. The van der Waals surface area contributed by atoms with E-state index in [1.54, 1.807) is 0 Å². The van der Waals surface area contributed by atoms with Crippen molar-refractivity contribution in [3.05, 3.63) is 23.8 Å². The first-order valence-corrected chi connectivity index (χ1v) is 10.1. The second-order valence-electron chi connectivity index (χ2n) is 8.77. The third kappa shape index (κ3) is 6.56. The van der Waals surface area contributed by atoms with Gasteiger partial charge in [0.25, 0.3) is 0 Å². The minimum absolute atomic E-state index is 0.0293. The Morgan fingerprint density at radius 1 is 1.11 bits per heavy atom. The number of hydrogen-bond donors (Lipinski definition) is 1. The Balaban J connectivity index is 2.23. The van der Waals surface area contributed by atoms with E-state index >= 15 is 0 Å². The zero-order valence-corrected chi connectivity index (χ0v) is 17.7. The van der Waals surface area contributed by atoms with E-state index in [2.05, 4.69) is 24.1 Å². The highest BCUT2D eigenvalue weighted by Crippen LogP contribution is 2.33. The maximum atomic E-state index is 12.8. The van der Waals surface area contributed by atoms with Crippen molar-refractivity contribution in [2.45, 2.75) is 53.5 Å². The number of amides is 2. The zero-order valence-electron chi connectivity index (χ0n) is 17.7. The minimum atomic E-state index is 0.0293. The number of anilines is 2. The first-order valence-electron chi connectivity index (χ1n) is 10.1. The van der Waals surface area contributed by atoms with Gasteiger partial charge in [-0.2, -0.15) is 0 Å². The number of benzene rings is 1. The lowest BCUT2D eigenvalue weighted by molar-refractivity contribution is -0.133. The van der Waals surface area contributed by atoms with Crippen molar-refractivity contribution in [1.82, 2.24) is 4.90 Å². The van der Waals surface area contributed by atoms with E-state index in [1.165, 1.54) is 0 Å². The molecule has 1 aliphatic carbocycles. The van der Waals surface area contributed by atoms with Crippen LogP contribution in [0.5, 0.6) is 0 Å². The molecule has 1 N–H and O–H groups in total. The van der Waals surface area contributed by atoms with Gasteiger partial charge in [-0.3, -0.25) is 9.59 Å². The van der Waals surface area contributed by atoms with Crippen LogP contribution < -0.4 is 10.2 Å². The van der Waals surface area contributed by atoms with Crippen molar-refractivity contribution in [1.29, 1.82) is 0 Å². The van der Waals surface area contributed by atoms with E-state index in [1.807, 2.05) is 51.0 Å². The second kappa shape index (κ2) is 9.25. The van der Waals surface area contributed by atoms with Gasteiger partial charge in [-0.05, 0) is 48.4 Å². The monoisotopic (exact) mass is 373 g/mol. The van der Waals surface area contributed by atoms with E-state index in [9.17, 15) is 9.59 Å². The van der Waals surface area contributed by atoms with Gasteiger partial charge in [-0.25, -0.2) is 0 Å². The molecule has 27 heavy (non-hydrogen) atoms. The third-order valence-corrected chi connectivity index (χ3v) is 4.62. The van der Waals surface area contributed by atoms with Crippen LogP contribution in [0, 0.1) is 17.8 Å². The van der Waals surface area contributed by atoms with Gasteiger partial charge in [0.05, 0.1) is 0 Å². The van der Waals surface area contributed by atoms with Crippen LogP contribution in [0.4, 0.5) is 11.4 Å². The molecule has 0 bridgehead atoms. The Hall–Kier alpha value is -2.04. The van der Waals surface area contributed by atoms with Crippen LogP contribution in [0.3, 0.4) is 0 Å². The number of carbonyl (C=O) groups is 2. The quantitative estimate of drug-likeness (QED) is 0.708. The fourth-order valence-electron chi connectivity index (χ4n) is 3.28. The summed E-state index contributed by atoms with van der Waals surface area (Å²) in [6.45, 7) is 9.69. The lowest BCUT2D eigenvalue weighted by Gasteiger charge is -2.27. The summed E-state index contributed by atoms with van der Waals surface area (Å²) >= 11 is 0. The number of hydrogen-bond acceptors (Lipinski definition) is 3. The van der Waals surface area contributed by atoms with Gasteiger partial charge in [0.2, 0.25) is 11.8 Å². The Labute approximate surface area is 164 Å². The van der Waals surface area contributed by atoms with Gasteiger partial charge >= 0.3 is 0 Å². The molecule has 1 saturated carbocycles. The topological polar surface area (TPSA) is 52.7 Å². The van der Waals surface area contributed by atoms with Gasteiger partial charge in [-0.15, -0.1) is 0 Å². The third-order valence-electron chi connectivity index (χ3n) is 4.62. The van der Waals surface area contributed by atoms with Gasteiger partial charge in [0, 0.05) is 50.9 Å². The van der Waals surface area contributed by atoms with Crippen molar-refractivity contribution < 1.29 is 9.59 Å². The molecule has 0 heterocycles. The molecule has 0 aromatic heterocycles. The highest BCUT2D eigenvalue weighted by Gasteiger charge is 2.33. The van der Waals surface area contributed by atoms with Crippen molar-refractivity contribution in [3.63, 3.8) is 0 Å². The molecular weight excluding hydrogens is 338 g/mol. The molecule has 0 radical (unpaired) electrons. The highest BCUT2D eigenvalue weighted by molar-refractivity contribution is 5.91. The van der Waals surface area contributed by atoms with E-state index < -0.39 is 0 Å². The minimum Gasteiger partial charge on any atom is -0.377 e. The normalized spacial score (nSPS) is 13.8. The Kier molecular flexibility index (Phi) is 7.28. The first-order chi connectivity index (χ1) is 12.7. The lowest BCUT2D eigenvalue weighted by atomic mass is 10.1. The molecule has 1 fully saturated rings. The molecule has 5 nitrogen and oxygen atoms in total. The molecule has 2 rings (SSSR count). The van der Waals surface area contributed by atoms with Crippen LogP contribution in [-0.4, -0.2) is 37.4 Å². The predicted octanol–water partition coefficient (Wildman–Crippen LogP) is 4.13. The molecule has 0 saturated heterocycles. The zero-order chi connectivity index (χ0) is 20.1. The predicted molar refractivity (Wildman–Crippen MR) is 112 cm³/mol. The van der Waals surface area contributed by atoms with E-state index in [0.29, 0.717) is 24.8 Å².